The lowest BCUT2D eigenvalue weighted by Crippen LogP contribution is -2.10. The molecule has 0 aliphatic carbocycles. The first kappa shape index (κ1) is 13.2. The van der Waals surface area contributed by atoms with E-state index in [1.807, 2.05) is 0 Å². The van der Waals surface area contributed by atoms with Crippen LogP contribution < -0.4 is 0 Å². The topological polar surface area (TPSA) is 34.9 Å². The molecule has 1 aromatic heterocycles. The van der Waals surface area contributed by atoms with E-state index in [2.05, 4.69) is 21.0 Å². The molecule has 7 heteroatoms. The second-order valence-corrected chi connectivity index (χ2v) is 4.72. The monoisotopic (exact) mass is 334 g/mol. The third kappa shape index (κ3) is 2.06. The highest BCUT2D eigenvalue weighted by molar-refractivity contribution is 9.10. The van der Waals surface area contributed by atoms with Gasteiger partial charge in [0, 0.05) is 12.6 Å². The molecule has 0 unspecified atom stereocenters. The normalized spacial score (nSPS) is 10.7. The molecule has 2 rings (SSSR count). The molecule has 0 amide bonds. The van der Waals surface area contributed by atoms with Gasteiger partial charge in [-0.1, -0.05) is 11.6 Å². The second kappa shape index (κ2) is 4.78. The van der Waals surface area contributed by atoms with Gasteiger partial charge in [-0.25, -0.2) is 8.78 Å². The Morgan fingerprint density at radius 1 is 1.44 bits per heavy atom. The number of carbonyl (C=O) groups is 1. The molecule has 0 spiro atoms. The fourth-order valence-electron chi connectivity index (χ4n) is 1.49. The van der Waals surface area contributed by atoms with Crippen LogP contribution in [0.25, 0.3) is 0 Å². The molecule has 0 atom stereocenters. The molecule has 1 heterocycles. The maximum Gasteiger partial charge on any atom is 0.213 e. The molecular weight excluding hydrogens is 329 g/mol. The van der Waals surface area contributed by atoms with E-state index < -0.39 is 17.4 Å². The van der Waals surface area contributed by atoms with Crippen LogP contribution in [0.15, 0.2) is 22.8 Å². The molecule has 3 nitrogen and oxygen atoms in total. The van der Waals surface area contributed by atoms with Crippen molar-refractivity contribution in [2.75, 3.05) is 0 Å². The van der Waals surface area contributed by atoms with Crippen LogP contribution in [0, 0.1) is 11.6 Å². The first-order valence-corrected chi connectivity index (χ1v) is 5.96. The summed E-state index contributed by atoms with van der Waals surface area (Å²) in [7, 11) is 1.53. The summed E-state index contributed by atoms with van der Waals surface area (Å²) in [5, 5.41) is 3.97. The molecule has 0 aliphatic rings. The van der Waals surface area contributed by atoms with Gasteiger partial charge in [0.25, 0.3) is 0 Å². The van der Waals surface area contributed by atoms with Crippen molar-refractivity contribution in [3.05, 3.63) is 50.7 Å². The lowest BCUT2D eigenvalue weighted by molar-refractivity contribution is 0.102. The van der Waals surface area contributed by atoms with Crippen molar-refractivity contribution < 1.29 is 13.6 Å². The second-order valence-electron chi connectivity index (χ2n) is 3.52. The van der Waals surface area contributed by atoms with Crippen molar-refractivity contribution in [3.63, 3.8) is 0 Å². The third-order valence-corrected chi connectivity index (χ3v) is 3.44. The summed E-state index contributed by atoms with van der Waals surface area (Å²) in [5.74, 6) is -2.68. The number of hydrogen-bond donors (Lipinski definition) is 0. The summed E-state index contributed by atoms with van der Waals surface area (Å²) < 4.78 is 27.4. The quantitative estimate of drug-likeness (QED) is 0.623. The molecule has 0 N–H and O–H groups in total. The summed E-state index contributed by atoms with van der Waals surface area (Å²) >= 11 is 8.68. The van der Waals surface area contributed by atoms with Crippen LogP contribution in [0.3, 0.4) is 0 Å². The number of halogens is 4. The van der Waals surface area contributed by atoms with Crippen LogP contribution >= 0.6 is 27.5 Å². The summed E-state index contributed by atoms with van der Waals surface area (Å²) in [6.45, 7) is 0. The molecular formula is C11H6BrClF2N2O. The highest BCUT2D eigenvalue weighted by atomic mass is 79.9. The fraction of sp³-hybridized carbons (Fsp3) is 0.0909. The number of nitrogens with zero attached hydrogens (tertiary/aromatic N) is 2. The van der Waals surface area contributed by atoms with Crippen LogP contribution in [-0.2, 0) is 7.05 Å². The first-order valence-electron chi connectivity index (χ1n) is 4.79. The van der Waals surface area contributed by atoms with Crippen molar-refractivity contribution in [3.8, 4) is 0 Å². The zero-order valence-corrected chi connectivity index (χ0v) is 11.4. The van der Waals surface area contributed by atoms with E-state index in [-0.39, 0.29) is 20.8 Å². The first-order chi connectivity index (χ1) is 8.43. The van der Waals surface area contributed by atoms with Crippen LogP contribution in [0.1, 0.15) is 16.1 Å². The van der Waals surface area contributed by atoms with Gasteiger partial charge in [-0.2, -0.15) is 5.10 Å². The Hall–Kier alpha value is -1.27. The van der Waals surface area contributed by atoms with E-state index in [1.54, 1.807) is 0 Å². The molecule has 18 heavy (non-hydrogen) atoms. The average molecular weight is 336 g/mol. The predicted octanol–water partition coefficient (Wildman–Crippen LogP) is 3.35. The zero-order valence-electron chi connectivity index (χ0n) is 9.05. The Morgan fingerprint density at radius 3 is 2.67 bits per heavy atom. The molecule has 0 saturated heterocycles. The van der Waals surface area contributed by atoms with Crippen molar-refractivity contribution in [2.45, 2.75) is 0 Å². The van der Waals surface area contributed by atoms with Gasteiger partial charge in [0.05, 0.1) is 15.7 Å². The lowest BCUT2D eigenvalue weighted by atomic mass is 10.1. The van der Waals surface area contributed by atoms with E-state index in [1.165, 1.54) is 24.0 Å². The fourth-order valence-corrected chi connectivity index (χ4v) is 2.25. The summed E-state index contributed by atoms with van der Waals surface area (Å²) in [5.41, 5.74) is 0.0998. The number of hydrogen-bond acceptors (Lipinski definition) is 2. The van der Waals surface area contributed by atoms with E-state index >= 15 is 0 Å². The molecule has 0 fully saturated rings. The molecule has 0 aliphatic heterocycles. The van der Waals surface area contributed by atoms with Crippen LogP contribution in [0.4, 0.5) is 8.78 Å². The van der Waals surface area contributed by atoms with Gasteiger partial charge in [-0.3, -0.25) is 9.48 Å². The molecule has 2 aromatic rings. The van der Waals surface area contributed by atoms with Crippen molar-refractivity contribution in [2.24, 2.45) is 7.05 Å². The summed E-state index contributed by atoms with van der Waals surface area (Å²) in [6.07, 6.45) is 1.31. The minimum absolute atomic E-state index is 0.0144. The Labute approximate surface area is 114 Å². The standard InChI is InChI=1S/C11H6BrClF2N2O/c1-17-10(6(13)4-16-17)11(18)5-2-3-7(14)9(15)8(5)12/h2-4H,1H3. The molecule has 1 aromatic carbocycles. The summed E-state index contributed by atoms with van der Waals surface area (Å²) in [4.78, 5) is 12.2. The van der Waals surface area contributed by atoms with E-state index in [4.69, 9.17) is 11.6 Å². The lowest BCUT2D eigenvalue weighted by Gasteiger charge is -2.06. The minimum Gasteiger partial charge on any atom is -0.287 e. The predicted molar refractivity (Wildman–Crippen MR) is 65.7 cm³/mol. The Balaban J connectivity index is 2.57. The van der Waals surface area contributed by atoms with Crippen LogP contribution in [-0.4, -0.2) is 15.6 Å². The Kier molecular flexibility index (Phi) is 3.49. The number of ketones is 1. The van der Waals surface area contributed by atoms with Crippen LogP contribution in [0.5, 0.6) is 0 Å². The average Bonchev–Trinajstić information content (AvgIpc) is 2.65. The van der Waals surface area contributed by atoms with Gasteiger partial charge in [0.2, 0.25) is 5.78 Å². The van der Waals surface area contributed by atoms with Gasteiger partial charge >= 0.3 is 0 Å². The highest BCUT2D eigenvalue weighted by Gasteiger charge is 2.22. The molecule has 94 valence electrons. The Bertz CT molecular complexity index is 623. The minimum atomic E-state index is -1.11. The van der Waals surface area contributed by atoms with Gasteiger partial charge in [0.15, 0.2) is 11.6 Å². The molecule has 0 bridgehead atoms. The van der Waals surface area contributed by atoms with Gasteiger partial charge in [0.1, 0.15) is 5.69 Å². The Morgan fingerprint density at radius 2 is 2.11 bits per heavy atom. The maximum atomic E-state index is 13.4. The number of carbonyl (C=O) groups excluding carboxylic acids is 1. The van der Waals surface area contributed by atoms with E-state index in [0.717, 1.165) is 6.07 Å². The highest BCUT2D eigenvalue weighted by Crippen LogP contribution is 2.27. The van der Waals surface area contributed by atoms with Crippen molar-refractivity contribution in [1.82, 2.24) is 9.78 Å². The zero-order chi connectivity index (χ0) is 13.4. The smallest absolute Gasteiger partial charge is 0.213 e. The maximum absolute atomic E-state index is 13.4. The number of benzene rings is 1. The summed E-state index contributed by atoms with van der Waals surface area (Å²) in [6, 6.07) is 2.08. The number of rotatable bonds is 2. The van der Waals surface area contributed by atoms with E-state index in [0.29, 0.717) is 0 Å². The van der Waals surface area contributed by atoms with Crippen molar-refractivity contribution >= 4 is 33.3 Å². The van der Waals surface area contributed by atoms with Gasteiger partial charge in [-0.05, 0) is 28.1 Å². The third-order valence-electron chi connectivity index (χ3n) is 2.39. The van der Waals surface area contributed by atoms with Gasteiger partial charge < -0.3 is 0 Å². The van der Waals surface area contributed by atoms with Gasteiger partial charge in [-0.15, -0.1) is 0 Å². The molecule has 0 radical (unpaired) electrons. The number of aryl methyl sites for hydroxylation is 1. The van der Waals surface area contributed by atoms with Crippen LogP contribution in [0.2, 0.25) is 5.02 Å². The van der Waals surface area contributed by atoms with Crippen molar-refractivity contribution in [1.29, 1.82) is 0 Å². The largest absolute Gasteiger partial charge is 0.287 e. The SMILES string of the molecule is Cn1ncc(Cl)c1C(=O)c1ccc(F)c(F)c1Br. The van der Waals surface area contributed by atoms with E-state index in [9.17, 15) is 13.6 Å². The number of aromatic nitrogens is 2. The molecule has 0 saturated carbocycles.